The maximum atomic E-state index is 13.3. The van der Waals surface area contributed by atoms with Gasteiger partial charge in [-0.3, -0.25) is 14.4 Å². The quantitative estimate of drug-likeness (QED) is 0.521. The minimum Gasteiger partial charge on any atom is -0.322 e. The van der Waals surface area contributed by atoms with E-state index in [4.69, 9.17) is 0 Å². The lowest BCUT2D eigenvalue weighted by molar-refractivity contribution is -0.124. The highest BCUT2D eigenvalue weighted by Crippen LogP contribution is 2.65. The van der Waals surface area contributed by atoms with Crippen molar-refractivity contribution in [2.24, 2.45) is 35.5 Å². The van der Waals surface area contributed by atoms with Crippen molar-refractivity contribution in [3.63, 3.8) is 0 Å². The summed E-state index contributed by atoms with van der Waals surface area (Å²) in [6, 6.07) is 12.5. The first-order valence-electron chi connectivity index (χ1n) is 10.7. The minimum absolute atomic E-state index is 0.110. The number of aryl methyl sites for hydroxylation is 1. The molecule has 2 bridgehead atoms. The fourth-order valence-corrected chi connectivity index (χ4v) is 6.44. The molecule has 2 aromatic rings. The van der Waals surface area contributed by atoms with Crippen LogP contribution in [-0.4, -0.2) is 17.7 Å². The first-order valence-corrected chi connectivity index (χ1v) is 11.5. The van der Waals surface area contributed by atoms with Crippen molar-refractivity contribution >= 4 is 45.0 Å². The van der Waals surface area contributed by atoms with E-state index >= 15 is 0 Å². The van der Waals surface area contributed by atoms with Crippen LogP contribution in [0.2, 0.25) is 0 Å². The van der Waals surface area contributed by atoms with E-state index in [9.17, 15) is 14.4 Å². The van der Waals surface area contributed by atoms with Crippen LogP contribution in [-0.2, 0) is 9.59 Å². The van der Waals surface area contributed by atoms with Gasteiger partial charge in [-0.05, 0) is 79.0 Å². The van der Waals surface area contributed by atoms with E-state index in [0.717, 1.165) is 22.1 Å². The predicted octanol–water partition coefficient (Wildman–Crippen LogP) is 4.57. The Morgan fingerprint density at radius 3 is 2.32 bits per heavy atom. The molecule has 0 unspecified atom stereocenters. The van der Waals surface area contributed by atoms with Gasteiger partial charge in [0.1, 0.15) is 0 Å². The van der Waals surface area contributed by atoms with Crippen molar-refractivity contribution in [2.75, 3.05) is 10.2 Å². The number of allylic oxidation sites excluding steroid dienone is 2. The molecule has 1 saturated heterocycles. The normalized spacial score (nSPS) is 32.1. The van der Waals surface area contributed by atoms with Crippen LogP contribution in [0.15, 0.2) is 59.1 Å². The van der Waals surface area contributed by atoms with Crippen molar-refractivity contribution in [2.45, 2.75) is 13.3 Å². The van der Waals surface area contributed by atoms with Gasteiger partial charge in [-0.15, -0.1) is 0 Å². The average molecular weight is 477 g/mol. The molecule has 5 nitrogen and oxygen atoms in total. The second kappa shape index (κ2) is 6.63. The van der Waals surface area contributed by atoms with E-state index in [-0.39, 0.29) is 41.4 Å². The number of hydrogen-bond acceptors (Lipinski definition) is 3. The van der Waals surface area contributed by atoms with Gasteiger partial charge < -0.3 is 5.32 Å². The Hall–Kier alpha value is -2.73. The van der Waals surface area contributed by atoms with E-state index in [1.807, 2.05) is 25.1 Å². The summed E-state index contributed by atoms with van der Waals surface area (Å²) in [6.45, 7) is 1.92. The van der Waals surface area contributed by atoms with Crippen molar-refractivity contribution in [1.29, 1.82) is 0 Å². The van der Waals surface area contributed by atoms with Crippen LogP contribution in [0.5, 0.6) is 0 Å². The highest BCUT2D eigenvalue weighted by Gasteiger charge is 2.67. The first kappa shape index (κ1) is 19.0. The lowest BCUT2D eigenvalue weighted by Crippen LogP contribution is -2.40. The van der Waals surface area contributed by atoms with Crippen LogP contribution in [0.4, 0.5) is 11.4 Å². The molecule has 31 heavy (non-hydrogen) atoms. The summed E-state index contributed by atoms with van der Waals surface area (Å²) < 4.78 is 0.943. The van der Waals surface area contributed by atoms with Gasteiger partial charge >= 0.3 is 0 Å². The van der Waals surface area contributed by atoms with Gasteiger partial charge in [0.25, 0.3) is 5.91 Å². The van der Waals surface area contributed by atoms with Gasteiger partial charge in [-0.2, -0.15) is 0 Å². The molecule has 0 radical (unpaired) electrons. The fraction of sp³-hybridized carbons (Fsp3) is 0.320. The van der Waals surface area contributed by atoms with Gasteiger partial charge in [0.05, 0.1) is 17.5 Å². The van der Waals surface area contributed by atoms with E-state index < -0.39 is 0 Å². The third-order valence-electron chi connectivity index (χ3n) is 7.47. The van der Waals surface area contributed by atoms with Crippen molar-refractivity contribution < 1.29 is 14.4 Å². The Morgan fingerprint density at radius 2 is 1.68 bits per heavy atom. The van der Waals surface area contributed by atoms with Crippen LogP contribution in [0, 0.1) is 42.4 Å². The smallest absolute Gasteiger partial charge is 0.255 e. The Balaban J connectivity index is 1.28. The van der Waals surface area contributed by atoms with Crippen LogP contribution in [0.1, 0.15) is 22.3 Å². The summed E-state index contributed by atoms with van der Waals surface area (Å²) in [5.74, 6) is 0.539. The number of benzene rings is 2. The van der Waals surface area contributed by atoms with Crippen LogP contribution >= 0.6 is 15.9 Å². The van der Waals surface area contributed by atoms with Crippen LogP contribution < -0.4 is 10.2 Å². The second-order valence-corrected chi connectivity index (χ2v) is 10.0. The molecule has 3 amide bonds. The SMILES string of the molecule is Cc1cc(Br)ccc1NC(=O)c1cccc(N2C(=O)[C@@H]3[C@H]4C=C[C@@H]([C@@H]5C[C@@H]45)[C@@H]3C2=O)c1. The number of carbonyl (C=O) groups is 3. The Bertz CT molecular complexity index is 1150. The number of hydrogen-bond donors (Lipinski definition) is 1. The summed E-state index contributed by atoms with van der Waals surface area (Å²) in [6.07, 6.45) is 5.47. The Labute approximate surface area is 188 Å². The number of halogens is 1. The zero-order valence-electron chi connectivity index (χ0n) is 16.9. The summed E-state index contributed by atoms with van der Waals surface area (Å²) >= 11 is 3.42. The molecule has 2 saturated carbocycles. The zero-order valence-corrected chi connectivity index (χ0v) is 18.5. The van der Waals surface area contributed by atoms with E-state index in [0.29, 0.717) is 23.1 Å². The van der Waals surface area contributed by atoms with Crippen LogP contribution in [0.3, 0.4) is 0 Å². The highest BCUT2D eigenvalue weighted by atomic mass is 79.9. The lowest BCUT2D eigenvalue weighted by Gasteiger charge is -2.37. The molecule has 1 N–H and O–H groups in total. The van der Waals surface area contributed by atoms with Gasteiger partial charge in [0, 0.05) is 15.7 Å². The number of carbonyl (C=O) groups excluding carboxylic acids is 3. The third-order valence-corrected chi connectivity index (χ3v) is 7.96. The summed E-state index contributed by atoms with van der Waals surface area (Å²) in [5.41, 5.74) is 2.56. The molecule has 3 fully saturated rings. The first-order chi connectivity index (χ1) is 14.9. The monoisotopic (exact) mass is 476 g/mol. The van der Waals surface area contributed by atoms with Gasteiger partial charge in [0.15, 0.2) is 0 Å². The average Bonchev–Trinajstić information content (AvgIpc) is 3.53. The second-order valence-electron chi connectivity index (χ2n) is 9.13. The van der Waals surface area contributed by atoms with Gasteiger partial charge in [-0.25, -0.2) is 4.90 Å². The standard InChI is InChI=1S/C25H21BrN2O3/c1-12-9-14(26)5-8-20(12)27-23(29)13-3-2-4-15(10-13)28-24(30)21-16-6-7-17(19-11-18(16)19)22(21)25(28)31/h2-10,16-19,21-22H,11H2,1H3,(H,27,29)/t16-,17-,18-,19-,21-,22+/m0/s1. The fourth-order valence-electron chi connectivity index (χ4n) is 5.96. The number of anilines is 2. The molecule has 0 aromatic heterocycles. The number of amides is 3. The molecule has 6 atom stereocenters. The molecule has 1 aliphatic heterocycles. The predicted molar refractivity (Wildman–Crippen MR) is 120 cm³/mol. The molecule has 156 valence electrons. The summed E-state index contributed by atoms with van der Waals surface area (Å²) in [4.78, 5) is 40.8. The molecular formula is C25H21BrN2O3. The number of imide groups is 1. The zero-order chi connectivity index (χ0) is 21.4. The molecular weight excluding hydrogens is 456 g/mol. The Morgan fingerprint density at radius 1 is 1.00 bits per heavy atom. The number of nitrogens with zero attached hydrogens (tertiary/aromatic N) is 1. The Kier molecular flexibility index (Phi) is 4.06. The molecule has 2 aromatic carbocycles. The highest BCUT2D eigenvalue weighted by molar-refractivity contribution is 9.10. The van der Waals surface area contributed by atoms with Crippen molar-refractivity contribution in [3.05, 3.63) is 70.2 Å². The molecule has 4 aliphatic carbocycles. The van der Waals surface area contributed by atoms with Gasteiger partial charge in [0.2, 0.25) is 11.8 Å². The number of rotatable bonds is 3. The van der Waals surface area contributed by atoms with Crippen molar-refractivity contribution in [3.8, 4) is 0 Å². The largest absolute Gasteiger partial charge is 0.322 e. The molecule has 6 heteroatoms. The summed E-state index contributed by atoms with van der Waals surface area (Å²) in [7, 11) is 0. The maximum absolute atomic E-state index is 13.3. The summed E-state index contributed by atoms with van der Waals surface area (Å²) in [5, 5.41) is 2.92. The van der Waals surface area contributed by atoms with E-state index in [1.165, 1.54) is 4.90 Å². The molecule has 5 aliphatic rings. The molecule has 1 heterocycles. The maximum Gasteiger partial charge on any atom is 0.255 e. The molecule has 7 rings (SSSR count). The minimum atomic E-state index is -0.272. The van der Waals surface area contributed by atoms with Crippen LogP contribution in [0.25, 0.3) is 0 Å². The van der Waals surface area contributed by atoms with E-state index in [1.54, 1.807) is 24.3 Å². The lowest BCUT2D eigenvalue weighted by atomic mass is 9.63. The number of nitrogens with one attached hydrogen (secondary N) is 1. The molecule has 0 spiro atoms. The topological polar surface area (TPSA) is 66.5 Å². The third kappa shape index (κ3) is 2.77. The van der Waals surface area contributed by atoms with Gasteiger partial charge in [-0.1, -0.05) is 34.1 Å². The van der Waals surface area contributed by atoms with Crippen molar-refractivity contribution in [1.82, 2.24) is 0 Å². The van der Waals surface area contributed by atoms with E-state index in [2.05, 4.69) is 33.4 Å².